The monoisotopic (exact) mass is 524 g/mol. The third-order valence-electron chi connectivity index (χ3n) is 7.10. The van der Waals surface area contributed by atoms with E-state index >= 15 is 0 Å². The summed E-state index contributed by atoms with van der Waals surface area (Å²) in [4.78, 5) is 29.5. The average Bonchev–Trinajstić information content (AvgIpc) is 3.21. The topological polar surface area (TPSA) is 106 Å². The number of aromatic nitrogens is 5. The molecule has 2 N–H and O–H groups in total. The van der Waals surface area contributed by atoms with E-state index in [2.05, 4.69) is 25.3 Å². The van der Waals surface area contributed by atoms with Gasteiger partial charge in [0.25, 0.3) is 0 Å². The number of aryl methyl sites for hydroxylation is 1. The number of hydrogen-bond acceptors (Lipinski definition) is 6. The van der Waals surface area contributed by atoms with Crippen molar-refractivity contribution in [3.8, 4) is 11.5 Å². The first-order valence-electron chi connectivity index (χ1n) is 12.5. The number of pyridine rings is 1. The molecule has 1 aliphatic carbocycles. The zero-order chi connectivity index (χ0) is 27.0. The van der Waals surface area contributed by atoms with Gasteiger partial charge in [0.05, 0.1) is 5.56 Å². The number of hydrogen-bond donors (Lipinski definition) is 2. The molecule has 0 aliphatic heterocycles. The SMILES string of the molecule is CCc1ccnc(-c2nc3nc(C(=O)O)nc(N[C@H](C)C4CCC4)c3n2Cc2ccc(C(F)(F)F)cc2)c1. The Hall–Kier alpha value is -4.02. The summed E-state index contributed by atoms with van der Waals surface area (Å²) in [6, 6.07) is 8.74. The minimum Gasteiger partial charge on any atom is -0.475 e. The zero-order valence-electron chi connectivity index (χ0n) is 21.0. The van der Waals surface area contributed by atoms with Gasteiger partial charge < -0.3 is 15.0 Å². The first kappa shape index (κ1) is 25.6. The fourth-order valence-corrected chi connectivity index (χ4v) is 4.65. The highest BCUT2D eigenvalue weighted by Gasteiger charge is 2.30. The number of anilines is 1. The maximum Gasteiger partial charge on any atom is 0.416 e. The van der Waals surface area contributed by atoms with Crippen LogP contribution in [0, 0.1) is 5.92 Å². The molecule has 38 heavy (non-hydrogen) atoms. The lowest BCUT2D eigenvalue weighted by Crippen LogP contribution is -2.31. The fraction of sp³-hybridized carbons (Fsp3) is 0.370. The summed E-state index contributed by atoms with van der Waals surface area (Å²) in [5.41, 5.74) is 2.08. The molecule has 3 heterocycles. The molecule has 198 valence electrons. The van der Waals surface area contributed by atoms with Crippen LogP contribution in [0.2, 0.25) is 0 Å². The van der Waals surface area contributed by atoms with Crippen molar-refractivity contribution < 1.29 is 23.1 Å². The highest BCUT2D eigenvalue weighted by atomic mass is 19.4. The van der Waals surface area contributed by atoms with E-state index < -0.39 is 17.7 Å². The molecule has 5 rings (SSSR count). The molecule has 1 saturated carbocycles. The quantitative estimate of drug-likeness (QED) is 0.299. The van der Waals surface area contributed by atoms with Gasteiger partial charge >= 0.3 is 12.1 Å². The number of alkyl halides is 3. The highest BCUT2D eigenvalue weighted by molar-refractivity contribution is 5.92. The Balaban J connectivity index is 1.68. The van der Waals surface area contributed by atoms with Crippen LogP contribution in [-0.4, -0.2) is 41.6 Å². The minimum atomic E-state index is -4.44. The van der Waals surface area contributed by atoms with E-state index in [0.29, 0.717) is 34.3 Å². The predicted octanol–water partition coefficient (Wildman–Crippen LogP) is 5.82. The second-order valence-corrected chi connectivity index (χ2v) is 9.62. The lowest BCUT2D eigenvalue weighted by molar-refractivity contribution is -0.137. The van der Waals surface area contributed by atoms with Crippen molar-refractivity contribution in [3.63, 3.8) is 0 Å². The molecule has 0 unspecified atom stereocenters. The summed E-state index contributed by atoms with van der Waals surface area (Å²) in [7, 11) is 0. The number of benzene rings is 1. The average molecular weight is 525 g/mol. The number of carboxylic acid groups (broad SMARTS) is 1. The Morgan fingerprint density at radius 1 is 1.13 bits per heavy atom. The summed E-state index contributed by atoms with van der Waals surface area (Å²) < 4.78 is 41.2. The molecule has 0 radical (unpaired) electrons. The van der Waals surface area contributed by atoms with Gasteiger partial charge in [0.1, 0.15) is 11.2 Å². The van der Waals surface area contributed by atoms with Crippen molar-refractivity contribution in [2.75, 3.05) is 5.32 Å². The molecule has 3 aromatic heterocycles. The van der Waals surface area contributed by atoms with Crippen molar-refractivity contribution in [3.05, 3.63) is 65.1 Å². The summed E-state index contributed by atoms with van der Waals surface area (Å²) in [5, 5.41) is 13.0. The molecule has 0 saturated heterocycles. The Kier molecular flexibility index (Phi) is 6.77. The van der Waals surface area contributed by atoms with Gasteiger partial charge in [-0.05, 0) is 67.5 Å². The first-order chi connectivity index (χ1) is 18.1. The lowest BCUT2D eigenvalue weighted by atomic mass is 9.80. The molecule has 1 fully saturated rings. The van der Waals surface area contributed by atoms with E-state index in [1.54, 1.807) is 10.8 Å². The van der Waals surface area contributed by atoms with Gasteiger partial charge in [0.15, 0.2) is 17.3 Å². The normalized spacial score (nSPS) is 14.9. The van der Waals surface area contributed by atoms with E-state index in [1.165, 1.54) is 12.1 Å². The molecule has 11 heteroatoms. The standard InChI is InChI=1S/C27H27F3N6O2/c1-3-16-11-12-31-20(13-16)25-35-23-21(36(25)14-17-7-9-19(10-8-17)27(28,29)30)22(33-24(34-23)26(37)38)32-15(2)18-5-4-6-18/h7-13,15,18H,3-6,14H2,1-2H3,(H,37,38)(H,32,33,34)/t15-/m1/s1. The first-order valence-corrected chi connectivity index (χ1v) is 12.5. The van der Waals surface area contributed by atoms with Gasteiger partial charge in [-0.3, -0.25) is 4.98 Å². The predicted molar refractivity (Wildman–Crippen MR) is 136 cm³/mol. The number of nitrogens with zero attached hydrogens (tertiary/aromatic N) is 5. The smallest absolute Gasteiger partial charge is 0.416 e. The summed E-state index contributed by atoms with van der Waals surface area (Å²) in [6.45, 7) is 4.20. The van der Waals surface area contributed by atoms with E-state index in [9.17, 15) is 23.1 Å². The maximum absolute atomic E-state index is 13.1. The Labute approximate surface area is 217 Å². The van der Waals surface area contributed by atoms with Crippen LogP contribution in [0.1, 0.15) is 60.4 Å². The number of carboxylic acids is 1. The molecule has 0 bridgehead atoms. The molecular formula is C27H27F3N6O2. The van der Waals surface area contributed by atoms with Crippen molar-refractivity contribution in [1.82, 2.24) is 24.5 Å². The van der Waals surface area contributed by atoms with E-state index in [4.69, 9.17) is 0 Å². The van der Waals surface area contributed by atoms with Crippen molar-refractivity contribution in [2.45, 2.75) is 58.3 Å². The molecule has 4 aromatic rings. The van der Waals surface area contributed by atoms with E-state index in [1.807, 2.05) is 26.0 Å². The Morgan fingerprint density at radius 3 is 2.47 bits per heavy atom. The largest absolute Gasteiger partial charge is 0.475 e. The molecule has 1 aromatic carbocycles. The number of nitrogens with one attached hydrogen (secondary N) is 1. The minimum absolute atomic E-state index is 0.0305. The number of fused-ring (bicyclic) bond motifs is 1. The fourth-order valence-electron chi connectivity index (χ4n) is 4.65. The number of halogens is 3. The van der Waals surface area contributed by atoms with Gasteiger partial charge in [0, 0.05) is 18.8 Å². The molecular weight excluding hydrogens is 497 g/mol. The third kappa shape index (κ3) is 5.05. The van der Waals surface area contributed by atoms with Gasteiger partial charge in [-0.2, -0.15) is 13.2 Å². The number of imidazole rings is 1. The van der Waals surface area contributed by atoms with Crippen LogP contribution in [0.5, 0.6) is 0 Å². The summed E-state index contributed by atoms with van der Waals surface area (Å²) in [6.07, 6.45) is 1.28. The van der Waals surface area contributed by atoms with Crippen molar-refractivity contribution in [2.24, 2.45) is 5.92 Å². The van der Waals surface area contributed by atoms with Crippen LogP contribution >= 0.6 is 0 Å². The second kappa shape index (κ2) is 10.0. The van der Waals surface area contributed by atoms with E-state index in [-0.39, 0.29) is 24.1 Å². The zero-order valence-corrected chi connectivity index (χ0v) is 21.0. The van der Waals surface area contributed by atoms with Crippen LogP contribution in [0.15, 0.2) is 42.6 Å². The highest BCUT2D eigenvalue weighted by Crippen LogP contribution is 2.34. The van der Waals surface area contributed by atoms with Crippen LogP contribution in [0.3, 0.4) is 0 Å². The van der Waals surface area contributed by atoms with Crippen LogP contribution < -0.4 is 5.32 Å². The Bertz CT molecular complexity index is 1480. The molecule has 8 nitrogen and oxygen atoms in total. The van der Waals surface area contributed by atoms with Crippen LogP contribution in [-0.2, 0) is 19.1 Å². The number of carbonyl (C=O) groups is 1. The lowest BCUT2D eigenvalue weighted by Gasteiger charge is -2.32. The van der Waals surface area contributed by atoms with E-state index in [0.717, 1.165) is 43.4 Å². The third-order valence-corrected chi connectivity index (χ3v) is 7.10. The van der Waals surface area contributed by atoms with Crippen molar-refractivity contribution in [1.29, 1.82) is 0 Å². The number of rotatable bonds is 8. The summed E-state index contributed by atoms with van der Waals surface area (Å²) in [5.74, 6) is -0.490. The molecule has 1 atom stereocenters. The van der Waals surface area contributed by atoms with Crippen molar-refractivity contribution >= 4 is 23.0 Å². The Morgan fingerprint density at radius 2 is 1.87 bits per heavy atom. The molecule has 0 spiro atoms. The van der Waals surface area contributed by atoms with Crippen LogP contribution in [0.25, 0.3) is 22.7 Å². The van der Waals surface area contributed by atoms with Crippen LogP contribution in [0.4, 0.5) is 19.0 Å². The maximum atomic E-state index is 13.1. The van der Waals surface area contributed by atoms with Gasteiger partial charge in [-0.15, -0.1) is 0 Å². The molecule has 0 amide bonds. The summed E-state index contributed by atoms with van der Waals surface area (Å²) >= 11 is 0. The molecule has 1 aliphatic rings. The van der Waals surface area contributed by atoms with Gasteiger partial charge in [-0.25, -0.2) is 19.7 Å². The van der Waals surface area contributed by atoms with Gasteiger partial charge in [0.2, 0.25) is 5.82 Å². The number of aromatic carboxylic acids is 1. The second-order valence-electron chi connectivity index (χ2n) is 9.62. The van der Waals surface area contributed by atoms with Gasteiger partial charge in [-0.1, -0.05) is 25.5 Å².